The van der Waals surface area contributed by atoms with Gasteiger partial charge in [0.1, 0.15) is 12.1 Å². The molecule has 2 saturated heterocycles. The van der Waals surface area contributed by atoms with Crippen LogP contribution in [-0.2, 0) is 14.4 Å². The molecule has 1 saturated carbocycles. The lowest BCUT2D eigenvalue weighted by atomic mass is 9.84. The fraction of sp³-hybridized carbons (Fsp3) is 0.788. The van der Waals surface area contributed by atoms with Crippen LogP contribution in [0, 0.1) is 22.7 Å². The first-order valence-electron chi connectivity index (χ1n) is 16.5. The van der Waals surface area contributed by atoms with E-state index < -0.39 is 23.5 Å². The second-order valence-electron chi connectivity index (χ2n) is 15.5. The highest BCUT2D eigenvalue weighted by atomic mass is 16.2. The van der Waals surface area contributed by atoms with Gasteiger partial charge in [-0.3, -0.25) is 14.4 Å². The molecule has 12 nitrogen and oxygen atoms in total. The van der Waals surface area contributed by atoms with Crippen LogP contribution in [0.1, 0.15) is 87.5 Å². The highest BCUT2D eigenvalue weighted by molar-refractivity contribution is 6.00. The molecule has 4 atom stereocenters. The lowest BCUT2D eigenvalue weighted by Gasteiger charge is -2.40. The Balaban J connectivity index is 1.75. The van der Waals surface area contributed by atoms with Crippen molar-refractivity contribution in [2.75, 3.05) is 39.8 Å². The Hall–Kier alpha value is -3.31. The van der Waals surface area contributed by atoms with Gasteiger partial charge in [-0.1, -0.05) is 55.4 Å². The molecular weight excluding hydrogens is 574 g/mol. The van der Waals surface area contributed by atoms with Gasteiger partial charge in [-0.2, -0.15) is 0 Å². The van der Waals surface area contributed by atoms with Gasteiger partial charge in [0.25, 0.3) is 0 Å². The number of ketones is 1. The van der Waals surface area contributed by atoms with E-state index in [9.17, 15) is 24.0 Å². The van der Waals surface area contributed by atoms with Gasteiger partial charge in [-0.15, -0.1) is 0 Å². The molecule has 0 bridgehead atoms. The van der Waals surface area contributed by atoms with E-state index in [1.54, 1.807) is 21.7 Å². The van der Waals surface area contributed by atoms with Crippen molar-refractivity contribution in [1.29, 1.82) is 0 Å². The second kappa shape index (κ2) is 14.4. The summed E-state index contributed by atoms with van der Waals surface area (Å²) in [7, 11) is 1.77. The second-order valence-corrected chi connectivity index (χ2v) is 15.5. The smallest absolute Gasteiger partial charge is 0.319 e. The molecular formula is C33H57N7O5. The van der Waals surface area contributed by atoms with Crippen molar-refractivity contribution in [3.8, 4) is 0 Å². The van der Waals surface area contributed by atoms with Crippen molar-refractivity contribution in [3.05, 3.63) is 11.3 Å². The summed E-state index contributed by atoms with van der Waals surface area (Å²) in [5, 5.41) is 8.72. The number of hydrogen-bond acceptors (Lipinski definition) is 6. The number of allylic oxidation sites excluding steroid dienone is 1. The van der Waals surface area contributed by atoms with Gasteiger partial charge < -0.3 is 36.4 Å². The Morgan fingerprint density at radius 2 is 1.58 bits per heavy atom. The van der Waals surface area contributed by atoms with Gasteiger partial charge in [0.05, 0.1) is 18.3 Å². The van der Waals surface area contributed by atoms with Gasteiger partial charge in [-0.25, -0.2) is 9.59 Å². The molecule has 3 rings (SSSR count). The molecule has 0 spiro atoms. The third-order valence-corrected chi connectivity index (χ3v) is 9.57. The number of amides is 6. The first-order chi connectivity index (χ1) is 20.8. The van der Waals surface area contributed by atoms with Crippen LogP contribution in [0.2, 0.25) is 0 Å². The number of hydrogen-bond donors (Lipinski definition) is 4. The first kappa shape index (κ1) is 36.2. The van der Waals surface area contributed by atoms with Gasteiger partial charge >= 0.3 is 12.1 Å². The third-order valence-electron chi connectivity index (χ3n) is 9.57. The molecule has 2 heterocycles. The Morgan fingerprint density at radius 3 is 2.11 bits per heavy atom. The Labute approximate surface area is 269 Å². The van der Waals surface area contributed by atoms with Crippen LogP contribution >= 0.6 is 0 Å². The number of carbonyl (C=O) groups excluding carboxylic acids is 5. The van der Waals surface area contributed by atoms with Crippen molar-refractivity contribution in [2.24, 2.45) is 28.4 Å². The molecule has 6 amide bonds. The van der Waals surface area contributed by atoms with Crippen LogP contribution in [0.3, 0.4) is 0 Å². The molecule has 254 valence electrons. The van der Waals surface area contributed by atoms with E-state index in [4.69, 9.17) is 5.73 Å². The molecule has 0 aromatic carbocycles. The molecule has 12 heteroatoms. The molecule has 3 aliphatic rings. The summed E-state index contributed by atoms with van der Waals surface area (Å²) in [6.07, 6.45) is 4.12. The van der Waals surface area contributed by atoms with Crippen LogP contribution < -0.4 is 21.7 Å². The Kier molecular flexibility index (Phi) is 11.6. The van der Waals surface area contributed by atoms with E-state index in [-0.39, 0.29) is 59.2 Å². The number of urea groups is 2. The maximum atomic E-state index is 14.2. The molecule has 0 aromatic rings. The largest absolute Gasteiger partial charge is 0.396 e. The van der Waals surface area contributed by atoms with Crippen molar-refractivity contribution >= 4 is 29.7 Å². The zero-order chi connectivity index (χ0) is 33.9. The van der Waals surface area contributed by atoms with Gasteiger partial charge in [0, 0.05) is 33.2 Å². The summed E-state index contributed by atoms with van der Waals surface area (Å²) in [5.41, 5.74) is 6.15. The fourth-order valence-electron chi connectivity index (χ4n) is 6.29. The van der Waals surface area contributed by atoms with E-state index in [2.05, 4.69) is 16.0 Å². The minimum Gasteiger partial charge on any atom is -0.396 e. The lowest BCUT2D eigenvalue weighted by Crippen LogP contribution is -2.62. The Morgan fingerprint density at radius 1 is 0.933 bits per heavy atom. The molecule has 1 aliphatic carbocycles. The average molecular weight is 632 g/mol. The van der Waals surface area contributed by atoms with E-state index in [0.29, 0.717) is 32.6 Å². The van der Waals surface area contributed by atoms with E-state index in [0.717, 1.165) is 31.3 Å². The molecule has 5 N–H and O–H groups in total. The predicted molar refractivity (Wildman–Crippen MR) is 174 cm³/mol. The number of likely N-dealkylation sites (tertiary alicyclic amines) is 1. The summed E-state index contributed by atoms with van der Waals surface area (Å²) in [4.78, 5) is 71.8. The van der Waals surface area contributed by atoms with Crippen molar-refractivity contribution in [1.82, 2.24) is 30.7 Å². The number of nitrogens with two attached hydrogens (primary N) is 1. The summed E-state index contributed by atoms with van der Waals surface area (Å²) < 4.78 is 0. The zero-order valence-corrected chi connectivity index (χ0v) is 28.9. The maximum Gasteiger partial charge on any atom is 0.319 e. The van der Waals surface area contributed by atoms with Crippen molar-refractivity contribution < 1.29 is 24.0 Å². The highest BCUT2D eigenvalue weighted by Crippen LogP contribution is 2.33. The summed E-state index contributed by atoms with van der Waals surface area (Å²) in [5.74, 6) is -1.03. The maximum absolute atomic E-state index is 14.2. The summed E-state index contributed by atoms with van der Waals surface area (Å²) in [6.45, 7) is 17.5. The van der Waals surface area contributed by atoms with Crippen molar-refractivity contribution in [3.63, 3.8) is 0 Å². The minimum absolute atomic E-state index is 0.0671. The van der Waals surface area contributed by atoms with Gasteiger partial charge in [-0.05, 0) is 60.3 Å². The van der Waals surface area contributed by atoms with E-state index >= 15 is 0 Å². The van der Waals surface area contributed by atoms with Gasteiger partial charge in [0.2, 0.25) is 11.8 Å². The first-order valence-corrected chi connectivity index (χ1v) is 16.5. The SMILES string of the molecule is CC(C)C1CCN(C(=O)[C@@H](NC(=O)N[C@H](CN2CCCN(C)C2=O)C(C)(C)C)C(C)(C)C)[C@@H]1C(=O)NCC(=O)C(N)=C1CCC1. The monoisotopic (exact) mass is 631 g/mol. The highest BCUT2D eigenvalue weighted by Gasteiger charge is 2.47. The predicted octanol–water partition coefficient (Wildman–Crippen LogP) is 2.83. The standard InChI is InChI=1S/C33H57N7O5/c1-20(2)22-14-17-40(26(22)28(42)35-18-23(41)25(34)21-12-10-13-21)29(43)27(33(6,7)8)37-30(44)36-24(32(3,4)5)19-39-16-11-15-38(9)31(39)45/h20,22,24,26-27H,10-19,34H2,1-9H3,(H,35,42)(H2,36,37,44)/t22?,24-,26+,27-/m1/s1. The molecule has 3 fully saturated rings. The minimum atomic E-state index is -0.928. The van der Waals surface area contributed by atoms with Crippen molar-refractivity contribution in [2.45, 2.75) is 106 Å². The number of nitrogens with one attached hydrogen (secondary N) is 3. The average Bonchev–Trinajstić information content (AvgIpc) is 3.35. The summed E-state index contributed by atoms with van der Waals surface area (Å²) in [6, 6.07) is -2.65. The number of Topliss-reactive ketones (excluding diaryl/α,β-unsaturated/α-hetero) is 1. The Bertz CT molecular complexity index is 1160. The number of rotatable bonds is 10. The van der Waals surface area contributed by atoms with Crippen LogP contribution in [-0.4, -0.2) is 102 Å². The van der Waals surface area contributed by atoms with Crippen LogP contribution in [0.4, 0.5) is 9.59 Å². The zero-order valence-electron chi connectivity index (χ0n) is 28.9. The molecule has 0 aromatic heterocycles. The lowest BCUT2D eigenvalue weighted by molar-refractivity contribution is -0.143. The van der Waals surface area contributed by atoms with Crippen LogP contribution in [0.25, 0.3) is 0 Å². The van der Waals surface area contributed by atoms with E-state index in [1.807, 2.05) is 55.4 Å². The normalized spacial score (nSPS) is 22.1. The molecule has 2 aliphatic heterocycles. The molecule has 45 heavy (non-hydrogen) atoms. The molecule has 1 unspecified atom stereocenters. The van der Waals surface area contributed by atoms with Crippen LogP contribution in [0.5, 0.6) is 0 Å². The quantitative estimate of drug-likeness (QED) is 0.272. The van der Waals surface area contributed by atoms with Gasteiger partial charge in [0.15, 0.2) is 5.78 Å². The number of nitrogens with zero attached hydrogens (tertiary/aromatic N) is 3. The summed E-state index contributed by atoms with van der Waals surface area (Å²) >= 11 is 0. The molecule has 0 radical (unpaired) electrons. The third kappa shape index (κ3) is 8.91. The topological polar surface area (TPSA) is 157 Å². The number of carbonyl (C=O) groups is 5. The van der Waals surface area contributed by atoms with Crippen LogP contribution in [0.15, 0.2) is 11.3 Å². The van der Waals surface area contributed by atoms with E-state index in [1.165, 1.54) is 0 Å². The fourth-order valence-corrected chi connectivity index (χ4v) is 6.29.